The van der Waals surface area contributed by atoms with E-state index in [0.717, 1.165) is 28.2 Å². The van der Waals surface area contributed by atoms with E-state index in [-0.39, 0.29) is 12.5 Å². The molecule has 26 heavy (non-hydrogen) atoms. The van der Waals surface area contributed by atoms with Crippen LogP contribution >= 0.6 is 0 Å². The van der Waals surface area contributed by atoms with Gasteiger partial charge in [0.05, 0.1) is 6.20 Å². The number of anilines is 1. The zero-order chi connectivity index (χ0) is 18.5. The van der Waals surface area contributed by atoms with E-state index < -0.39 is 0 Å². The zero-order valence-corrected chi connectivity index (χ0v) is 15.2. The highest BCUT2D eigenvalue weighted by molar-refractivity contribution is 5.75. The minimum atomic E-state index is -0.107. The lowest BCUT2D eigenvalue weighted by Crippen LogP contribution is -2.27. The predicted octanol–water partition coefficient (Wildman–Crippen LogP) is 2.03. The van der Waals surface area contributed by atoms with E-state index in [0.29, 0.717) is 6.54 Å². The fraction of sp³-hybridized carbons (Fsp3) is 0.263. The second-order valence-corrected chi connectivity index (χ2v) is 6.32. The van der Waals surface area contributed by atoms with Gasteiger partial charge in [0.1, 0.15) is 12.2 Å². The predicted molar refractivity (Wildman–Crippen MR) is 101 cm³/mol. The monoisotopic (exact) mass is 350 g/mol. The Morgan fingerprint density at radius 3 is 2.65 bits per heavy atom. The minimum Gasteiger partial charge on any atom is -0.378 e. The number of aryl methyl sites for hydroxylation is 1. The van der Waals surface area contributed by atoms with Gasteiger partial charge < -0.3 is 10.2 Å². The molecule has 0 fully saturated rings. The Morgan fingerprint density at radius 2 is 1.96 bits per heavy atom. The number of rotatable bonds is 6. The maximum atomic E-state index is 12.1. The molecule has 3 aromatic rings. The molecule has 1 N–H and O–H groups in total. The van der Waals surface area contributed by atoms with Gasteiger partial charge in [-0.1, -0.05) is 17.3 Å². The molecular formula is C19H22N6O. The van der Waals surface area contributed by atoms with E-state index >= 15 is 0 Å². The van der Waals surface area contributed by atoms with Crippen molar-refractivity contribution < 1.29 is 4.79 Å². The Labute approximate surface area is 152 Å². The van der Waals surface area contributed by atoms with Gasteiger partial charge in [0.15, 0.2) is 0 Å². The van der Waals surface area contributed by atoms with E-state index in [1.54, 1.807) is 12.4 Å². The van der Waals surface area contributed by atoms with Crippen LogP contribution < -0.4 is 10.2 Å². The molecule has 1 amide bonds. The zero-order valence-electron chi connectivity index (χ0n) is 15.2. The van der Waals surface area contributed by atoms with Crippen molar-refractivity contribution in [1.29, 1.82) is 0 Å². The Kier molecular flexibility index (Phi) is 5.26. The van der Waals surface area contributed by atoms with Gasteiger partial charge in [-0.2, -0.15) is 0 Å². The summed E-state index contributed by atoms with van der Waals surface area (Å²) in [5.74, 6) is -0.107. The maximum Gasteiger partial charge on any atom is 0.242 e. The molecule has 0 atom stereocenters. The van der Waals surface area contributed by atoms with Crippen molar-refractivity contribution in [2.45, 2.75) is 20.0 Å². The summed E-state index contributed by atoms with van der Waals surface area (Å²) in [7, 11) is 3.99. The topological polar surface area (TPSA) is 75.9 Å². The molecule has 0 spiro atoms. The third-order valence-electron chi connectivity index (χ3n) is 3.98. The van der Waals surface area contributed by atoms with Gasteiger partial charge in [0, 0.05) is 43.8 Å². The number of hydrogen-bond acceptors (Lipinski definition) is 5. The first-order chi connectivity index (χ1) is 12.5. The lowest BCUT2D eigenvalue weighted by Gasteiger charge is -2.12. The summed E-state index contributed by atoms with van der Waals surface area (Å²) in [5.41, 5.74) is 4.75. The summed E-state index contributed by atoms with van der Waals surface area (Å²) < 4.78 is 1.54. The van der Waals surface area contributed by atoms with Crippen LogP contribution in [0.2, 0.25) is 0 Å². The van der Waals surface area contributed by atoms with E-state index in [4.69, 9.17) is 0 Å². The molecule has 0 aliphatic carbocycles. The summed E-state index contributed by atoms with van der Waals surface area (Å²) in [6.07, 6.45) is 3.50. The molecule has 7 nitrogen and oxygen atoms in total. The summed E-state index contributed by atoms with van der Waals surface area (Å²) in [6, 6.07) is 11.9. The molecule has 134 valence electrons. The van der Waals surface area contributed by atoms with Crippen LogP contribution in [0.3, 0.4) is 0 Å². The summed E-state index contributed by atoms with van der Waals surface area (Å²) in [6.45, 7) is 2.54. The van der Waals surface area contributed by atoms with Gasteiger partial charge in [-0.15, -0.1) is 5.10 Å². The van der Waals surface area contributed by atoms with Gasteiger partial charge in [0.2, 0.25) is 5.91 Å². The standard InChI is InChI=1S/C19H22N6O/c1-14-10-16(8-9-20-14)18-12-25(23-22-18)13-19(26)21-11-15-4-6-17(7-5-15)24(2)3/h4-10,12H,11,13H2,1-3H3,(H,21,26). The van der Waals surface area contributed by atoms with Crippen LogP contribution in [0, 0.1) is 6.92 Å². The fourth-order valence-corrected chi connectivity index (χ4v) is 2.53. The second-order valence-electron chi connectivity index (χ2n) is 6.32. The first-order valence-electron chi connectivity index (χ1n) is 8.37. The van der Waals surface area contributed by atoms with Crippen LogP contribution in [-0.2, 0) is 17.9 Å². The number of carbonyl (C=O) groups excluding carboxylic acids is 1. The van der Waals surface area contributed by atoms with Gasteiger partial charge in [-0.25, -0.2) is 4.68 Å². The van der Waals surface area contributed by atoms with Gasteiger partial charge >= 0.3 is 0 Å². The van der Waals surface area contributed by atoms with E-state index in [1.165, 1.54) is 4.68 Å². The maximum absolute atomic E-state index is 12.1. The molecule has 0 bridgehead atoms. The van der Waals surface area contributed by atoms with E-state index in [1.807, 2.05) is 62.3 Å². The smallest absolute Gasteiger partial charge is 0.242 e. The molecule has 0 saturated heterocycles. The van der Waals surface area contributed by atoms with Crippen molar-refractivity contribution in [1.82, 2.24) is 25.3 Å². The summed E-state index contributed by atoms with van der Waals surface area (Å²) in [5, 5.41) is 11.1. The van der Waals surface area contributed by atoms with Crippen molar-refractivity contribution in [2.75, 3.05) is 19.0 Å². The Hall–Kier alpha value is -3.22. The average Bonchev–Trinajstić information content (AvgIpc) is 3.09. The minimum absolute atomic E-state index is 0.107. The van der Waals surface area contributed by atoms with E-state index in [2.05, 4.69) is 20.6 Å². The number of nitrogens with one attached hydrogen (secondary N) is 1. The number of aromatic nitrogens is 4. The molecule has 2 aromatic heterocycles. The van der Waals surface area contributed by atoms with Crippen LogP contribution in [0.1, 0.15) is 11.3 Å². The highest BCUT2D eigenvalue weighted by Gasteiger charge is 2.08. The van der Waals surface area contributed by atoms with Crippen LogP contribution in [0.25, 0.3) is 11.3 Å². The molecule has 0 radical (unpaired) electrons. The molecule has 0 aliphatic rings. The number of pyridine rings is 1. The lowest BCUT2D eigenvalue weighted by molar-refractivity contribution is -0.122. The third-order valence-corrected chi connectivity index (χ3v) is 3.98. The molecule has 3 rings (SSSR count). The lowest BCUT2D eigenvalue weighted by atomic mass is 10.2. The van der Waals surface area contributed by atoms with Crippen molar-refractivity contribution >= 4 is 11.6 Å². The largest absolute Gasteiger partial charge is 0.378 e. The normalized spacial score (nSPS) is 10.6. The van der Waals surface area contributed by atoms with Gasteiger partial charge in [0.25, 0.3) is 0 Å². The van der Waals surface area contributed by atoms with Gasteiger partial charge in [-0.05, 0) is 36.8 Å². The first-order valence-corrected chi connectivity index (χ1v) is 8.37. The summed E-state index contributed by atoms with van der Waals surface area (Å²) in [4.78, 5) is 18.3. The van der Waals surface area contributed by atoms with Crippen LogP contribution in [0.4, 0.5) is 5.69 Å². The Morgan fingerprint density at radius 1 is 1.19 bits per heavy atom. The number of benzene rings is 1. The molecular weight excluding hydrogens is 328 g/mol. The molecule has 1 aromatic carbocycles. The van der Waals surface area contributed by atoms with Crippen LogP contribution in [-0.4, -0.2) is 40.0 Å². The van der Waals surface area contributed by atoms with Crippen LogP contribution in [0.15, 0.2) is 48.8 Å². The Bertz CT molecular complexity index is 885. The fourth-order valence-electron chi connectivity index (χ4n) is 2.53. The average molecular weight is 350 g/mol. The van der Waals surface area contributed by atoms with Crippen molar-refractivity contribution in [3.05, 3.63) is 60.0 Å². The number of nitrogens with zero attached hydrogens (tertiary/aromatic N) is 5. The summed E-state index contributed by atoms with van der Waals surface area (Å²) >= 11 is 0. The number of hydrogen-bond donors (Lipinski definition) is 1. The Balaban J connectivity index is 1.55. The van der Waals surface area contributed by atoms with Gasteiger partial charge in [-0.3, -0.25) is 9.78 Å². The molecule has 0 saturated carbocycles. The van der Waals surface area contributed by atoms with Crippen molar-refractivity contribution in [3.8, 4) is 11.3 Å². The molecule has 0 aliphatic heterocycles. The first kappa shape index (κ1) is 17.6. The number of amides is 1. The molecule has 7 heteroatoms. The SMILES string of the molecule is Cc1cc(-c2cn(CC(=O)NCc3ccc(N(C)C)cc3)nn2)ccn1. The number of carbonyl (C=O) groups is 1. The molecule has 0 unspecified atom stereocenters. The second kappa shape index (κ2) is 7.77. The van der Waals surface area contributed by atoms with Crippen LogP contribution in [0.5, 0.6) is 0 Å². The molecule has 2 heterocycles. The quantitative estimate of drug-likeness (QED) is 0.736. The highest BCUT2D eigenvalue weighted by Crippen LogP contribution is 2.16. The highest BCUT2D eigenvalue weighted by atomic mass is 16.2. The van der Waals surface area contributed by atoms with Crippen molar-refractivity contribution in [2.24, 2.45) is 0 Å². The van der Waals surface area contributed by atoms with E-state index in [9.17, 15) is 4.79 Å². The third kappa shape index (κ3) is 4.44. The van der Waals surface area contributed by atoms with Crippen molar-refractivity contribution in [3.63, 3.8) is 0 Å².